The second-order valence-electron chi connectivity index (χ2n) is 22.3. The van der Waals surface area contributed by atoms with E-state index >= 15 is 0 Å². The van der Waals surface area contributed by atoms with Gasteiger partial charge in [-0.25, -0.2) is 4.79 Å². The van der Waals surface area contributed by atoms with Crippen LogP contribution in [0, 0.1) is 0 Å². The second-order valence-corrected chi connectivity index (χ2v) is 22.3. The highest BCUT2D eigenvalue weighted by atomic mass is 16.7. The summed E-state index contributed by atoms with van der Waals surface area (Å²) in [5, 5.41) is 9.68. The number of carboxylic acid groups (broad SMARTS) is 1. The summed E-state index contributed by atoms with van der Waals surface area (Å²) >= 11 is 0. The van der Waals surface area contributed by atoms with Crippen LogP contribution in [0.2, 0.25) is 0 Å². The molecule has 428 valence electrons. The molecule has 0 spiro atoms. The monoisotopic (exact) mass is 1030 g/mol. The summed E-state index contributed by atoms with van der Waals surface area (Å²) in [5.41, 5.74) is 0. The van der Waals surface area contributed by atoms with Gasteiger partial charge in [-0.2, -0.15) is 0 Å². The van der Waals surface area contributed by atoms with Crippen molar-refractivity contribution in [2.24, 2.45) is 0 Å². The number of unbranched alkanes of at least 4 members (excludes halogenated alkanes) is 37. The highest BCUT2D eigenvalue weighted by Crippen LogP contribution is 2.18. The van der Waals surface area contributed by atoms with Crippen molar-refractivity contribution in [2.75, 3.05) is 47.5 Å². The maximum absolute atomic E-state index is 12.8. The van der Waals surface area contributed by atoms with Crippen molar-refractivity contribution in [3.8, 4) is 0 Å². The summed E-state index contributed by atoms with van der Waals surface area (Å²) in [7, 11) is 5.96. The van der Waals surface area contributed by atoms with Crippen LogP contribution in [0.1, 0.15) is 296 Å². The summed E-state index contributed by atoms with van der Waals surface area (Å²) in [6.45, 7) is 4.76. The van der Waals surface area contributed by atoms with E-state index in [1.54, 1.807) is 0 Å². The molecule has 0 saturated carbocycles. The van der Waals surface area contributed by atoms with E-state index in [0.29, 0.717) is 23.9 Å². The maximum atomic E-state index is 12.8. The van der Waals surface area contributed by atoms with E-state index in [9.17, 15) is 19.5 Å². The number of carbonyl (C=O) groups excluding carboxylic acids is 2. The number of carboxylic acids is 1. The largest absolute Gasteiger partial charge is 0.477 e. The van der Waals surface area contributed by atoms with E-state index in [1.807, 2.05) is 21.1 Å². The van der Waals surface area contributed by atoms with Crippen molar-refractivity contribution in [1.82, 2.24) is 0 Å². The lowest BCUT2D eigenvalue weighted by molar-refractivity contribution is -0.870. The van der Waals surface area contributed by atoms with E-state index in [1.165, 1.54) is 205 Å². The molecule has 2 unspecified atom stereocenters. The first kappa shape index (κ1) is 70.5. The molecule has 0 radical (unpaired) electrons. The van der Waals surface area contributed by atoms with Gasteiger partial charge in [0.1, 0.15) is 13.2 Å². The molecule has 0 saturated heterocycles. The molecular weight excluding hydrogens is 911 g/mol. The van der Waals surface area contributed by atoms with Crippen LogP contribution in [0.4, 0.5) is 0 Å². The van der Waals surface area contributed by atoms with Crippen LogP contribution in [0.5, 0.6) is 0 Å². The Hall–Kier alpha value is -2.49. The Morgan fingerprint density at radius 2 is 0.781 bits per heavy atom. The third-order valence-electron chi connectivity index (χ3n) is 13.9. The first-order valence-electron chi connectivity index (χ1n) is 31.2. The minimum atomic E-state index is -1.52. The van der Waals surface area contributed by atoms with Crippen molar-refractivity contribution in [3.63, 3.8) is 0 Å². The molecule has 0 amide bonds. The van der Waals surface area contributed by atoms with Crippen LogP contribution < -0.4 is 0 Å². The molecule has 9 heteroatoms. The highest BCUT2D eigenvalue weighted by molar-refractivity contribution is 5.71. The Kier molecular flexibility index (Phi) is 53.8. The molecule has 0 aliphatic rings. The second kappa shape index (κ2) is 55.7. The average Bonchev–Trinajstić information content (AvgIpc) is 3.36. The lowest BCUT2D eigenvalue weighted by Crippen LogP contribution is -2.40. The molecule has 0 aliphatic heterocycles. The summed E-state index contributed by atoms with van der Waals surface area (Å²) in [6.07, 6.45) is 65.7. The molecule has 73 heavy (non-hydrogen) atoms. The van der Waals surface area contributed by atoms with Crippen molar-refractivity contribution < 1.29 is 42.9 Å². The van der Waals surface area contributed by atoms with Gasteiger partial charge >= 0.3 is 17.9 Å². The van der Waals surface area contributed by atoms with Gasteiger partial charge in [-0.1, -0.05) is 275 Å². The number of rotatable bonds is 58. The number of carbonyl (C=O) groups is 3. The fraction of sp³-hybridized carbons (Fsp3) is 0.859. The molecular formula is C64H120NO8+. The number of allylic oxidation sites excluding steroid dienone is 6. The predicted molar refractivity (Wildman–Crippen MR) is 309 cm³/mol. The average molecular weight is 1030 g/mol. The van der Waals surface area contributed by atoms with Gasteiger partial charge in [0.05, 0.1) is 34.4 Å². The van der Waals surface area contributed by atoms with Crippen molar-refractivity contribution in [1.29, 1.82) is 0 Å². The summed E-state index contributed by atoms with van der Waals surface area (Å²) in [6, 6.07) is 0. The molecule has 0 aromatic rings. The van der Waals surface area contributed by atoms with Crippen LogP contribution in [0.25, 0.3) is 0 Å². The van der Waals surface area contributed by atoms with Crippen molar-refractivity contribution in [3.05, 3.63) is 36.5 Å². The summed E-state index contributed by atoms with van der Waals surface area (Å²) in [5.74, 6) is -2.03. The number of hydrogen-bond acceptors (Lipinski definition) is 7. The van der Waals surface area contributed by atoms with Crippen LogP contribution in [0.15, 0.2) is 36.5 Å². The first-order valence-corrected chi connectivity index (χ1v) is 31.2. The predicted octanol–water partition coefficient (Wildman–Crippen LogP) is 18.5. The first-order chi connectivity index (χ1) is 35.6. The Bertz CT molecular complexity index is 1290. The molecule has 1 N–H and O–H groups in total. The van der Waals surface area contributed by atoms with E-state index in [0.717, 1.165) is 57.8 Å². The van der Waals surface area contributed by atoms with Gasteiger partial charge in [0.15, 0.2) is 6.10 Å². The third-order valence-corrected chi connectivity index (χ3v) is 13.9. The number of esters is 2. The minimum Gasteiger partial charge on any atom is -0.477 e. The topological polar surface area (TPSA) is 108 Å². The molecule has 0 aliphatic carbocycles. The number of likely N-dealkylation sites (N-methyl/N-ethyl adjacent to an activating group) is 1. The van der Waals surface area contributed by atoms with E-state index in [-0.39, 0.29) is 32.2 Å². The number of quaternary nitrogens is 1. The number of aliphatic carboxylic acids is 1. The maximum Gasteiger partial charge on any atom is 0.361 e. The number of nitrogens with zero attached hydrogens (tertiary/aromatic N) is 1. The molecule has 0 aromatic carbocycles. The molecule has 0 aromatic heterocycles. The molecule has 0 bridgehead atoms. The fourth-order valence-corrected chi connectivity index (χ4v) is 9.15. The summed E-state index contributed by atoms with van der Waals surface area (Å²) in [4.78, 5) is 37.3. The zero-order chi connectivity index (χ0) is 53.4. The van der Waals surface area contributed by atoms with Gasteiger partial charge in [0, 0.05) is 12.8 Å². The zero-order valence-corrected chi connectivity index (χ0v) is 48.8. The lowest BCUT2D eigenvalue weighted by Gasteiger charge is -2.25. The quantitative estimate of drug-likeness (QED) is 0.0211. The van der Waals surface area contributed by atoms with Crippen LogP contribution in [0.3, 0.4) is 0 Å². The smallest absolute Gasteiger partial charge is 0.361 e. The van der Waals surface area contributed by atoms with Gasteiger partial charge in [0.25, 0.3) is 6.29 Å². The van der Waals surface area contributed by atoms with Crippen molar-refractivity contribution in [2.45, 2.75) is 309 Å². The molecule has 0 rings (SSSR count). The molecule has 9 nitrogen and oxygen atoms in total. The lowest BCUT2D eigenvalue weighted by atomic mass is 10.0. The number of ether oxygens (including phenoxy) is 4. The van der Waals surface area contributed by atoms with Gasteiger partial charge in [-0.3, -0.25) is 9.59 Å². The Balaban J connectivity index is 3.95. The highest BCUT2D eigenvalue weighted by Gasteiger charge is 2.25. The van der Waals surface area contributed by atoms with E-state index < -0.39 is 24.3 Å². The molecule has 0 heterocycles. The Labute approximate surface area is 451 Å². The minimum absolute atomic E-state index is 0.183. The van der Waals surface area contributed by atoms with Crippen LogP contribution >= 0.6 is 0 Å². The van der Waals surface area contributed by atoms with E-state index in [4.69, 9.17) is 18.9 Å². The fourth-order valence-electron chi connectivity index (χ4n) is 9.15. The van der Waals surface area contributed by atoms with Crippen LogP contribution in [-0.2, 0) is 33.3 Å². The van der Waals surface area contributed by atoms with Crippen LogP contribution in [-0.4, -0.2) is 87.4 Å². The van der Waals surface area contributed by atoms with Gasteiger partial charge in [-0.15, -0.1) is 0 Å². The third kappa shape index (κ3) is 57.1. The van der Waals surface area contributed by atoms with Gasteiger partial charge < -0.3 is 28.5 Å². The standard InChI is InChI=1S/C64H119NO8/c1-6-8-10-12-14-16-18-20-21-22-23-24-25-26-27-28-29-30-31-32-33-34-35-36-37-38-39-40-41-43-44-46-48-50-52-54-61(66)71-58-60(59-72-64(63(68)69)70-57-56-65(3,4)5)73-62(67)55-53-51-49-47-45-42-19-17-15-13-11-9-7-2/h9,11,15,17,42,45,60,64H,6-8,10,12-14,16,18-41,43-44,46-59H2,1-5H3/p+1/b11-9-,17-15-,45-42-. The van der Waals surface area contributed by atoms with Gasteiger partial charge in [0.2, 0.25) is 0 Å². The Morgan fingerprint density at radius 3 is 1.16 bits per heavy atom. The summed E-state index contributed by atoms with van der Waals surface area (Å²) < 4.78 is 22.8. The number of hydrogen-bond donors (Lipinski definition) is 1. The van der Waals surface area contributed by atoms with Crippen molar-refractivity contribution >= 4 is 17.9 Å². The zero-order valence-electron chi connectivity index (χ0n) is 48.8. The van der Waals surface area contributed by atoms with E-state index in [2.05, 4.69) is 50.3 Å². The normalized spacial score (nSPS) is 12.9. The van der Waals surface area contributed by atoms with Gasteiger partial charge in [-0.05, 0) is 44.9 Å². The molecule has 2 atom stereocenters. The molecule has 0 fully saturated rings. The SMILES string of the molecule is CC/C=C\C/C=C\C/C=C\CCCCCC(=O)OC(COC(=O)CCCCCCCCCCCCCCCCCCCCCCCCCCCCCCCCCCCCC)COC(OCC[N+](C)(C)C)C(=O)O. The Morgan fingerprint density at radius 1 is 0.425 bits per heavy atom.